The maximum Gasteiger partial charge on any atom is 0.261 e. The van der Waals surface area contributed by atoms with Crippen molar-refractivity contribution >= 4 is 39.3 Å². The van der Waals surface area contributed by atoms with Gasteiger partial charge in [0.05, 0.1) is 0 Å². The predicted molar refractivity (Wildman–Crippen MR) is 110 cm³/mol. The number of nitrogens with zero attached hydrogens (tertiary/aromatic N) is 1. The highest BCUT2D eigenvalue weighted by Crippen LogP contribution is 2.18. The van der Waals surface area contributed by atoms with Gasteiger partial charge in [0.2, 0.25) is 5.91 Å². The van der Waals surface area contributed by atoms with Crippen LogP contribution in [0.25, 0.3) is 0 Å². The number of nitrogens with one attached hydrogen (secondary N) is 1. The Labute approximate surface area is 172 Å². The minimum absolute atomic E-state index is 0.161. The van der Waals surface area contributed by atoms with Gasteiger partial charge in [-0.2, -0.15) is 0 Å². The van der Waals surface area contributed by atoms with Crippen LogP contribution in [0.5, 0.6) is 5.75 Å². The molecular formula is C20H22BrClN2O3. The molecule has 1 atom stereocenters. The summed E-state index contributed by atoms with van der Waals surface area (Å²) in [7, 11) is 0. The van der Waals surface area contributed by atoms with E-state index in [4.69, 9.17) is 16.3 Å². The molecule has 0 radical (unpaired) electrons. The van der Waals surface area contributed by atoms with E-state index in [1.165, 1.54) is 4.90 Å². The first kappa shape index (κ1) is 21.3. The minimum atomic E-state index is -0.634. The van der Waals surface area contributed by atoms with E-state index in [9.17, 15) is 9.59 Å². The van der Waals surface area contributed by atoms with Crippen LogP contribution in [0.1, 0.15) is 19.4 Å². The van der Waals surface area contributed by atoms with Crippen molar-refractivity contribution < 1.29 is 14.3 Å². The number of carbonyl (C=O) groups excluding carboxylic acids is 2. The molecule has 1 unspecified atom stereocenters. The summed E-state index contributed by atoms with van der Waals surface area (Å²) in [5.74, 6) is 0.0908. The van der Waals surface area contributed by atoms with Gasteiger partial charge in [-0.1, -0.05) is 39.7 Å². The van der Waals surface area contributed by atoms with Crippen LogP contribution in [0.2, 0.25) is 5.02 Å². The first-order valence-electron chi connectivity index (χ1n) is 8.60. The topological polar surface area (TPSA) is 58.6 Å². The summed E-state index contributed by atoms with van der Waals surface area (Å²) in [6.45, 7) is 4.14. The summed E-state index contributed by atoms with van der Waals surface area (Å²) in [5.41, 5.74) is 0.843. The van der Waals surface area contributed by atoms with Gasteiger partial charge >= 0.3 is 0 Å². The molecule has 1 N–H and O–H groups in total. The highest BCUT2D eigenvalue weighted by Gasteiger charge is 2.26. The lowest BCUT2D eigenvalue weighted by atomic mass is 10.1. The smallest absolute Gasteiger partial charge is 0.261 e. The van der Waals surface area contributed by atoms with Crippen LogP contribution in [0.4, 0.5) is 0 Å². The summed E-state index contributed by atoms with van der Waals surface area (Å²) in [5, 5.41) is 3.33. The highest BCUT2D eigenvalue weighted by atomic mass is 79.9. The van der Waals surface area contributed by atoms with E-state index in [2.05, 4.69) is 21.2 Å². The van der Waals surface area contributed by atoms with E-state index in [1.807, 2.05) is 31.2 Å². The molecular weight excluding hydrogens is 432 g/mol. The Hall–Kier alpha value is -2.05. The number of hydrogen-bond donors (Lipinski definition) is 1. The van der Waals surface area contributed by atoms with Crippen molar-refractivity contribution in [3.8, 4) is 5.75 Å². The Morgan fingerprint density at radius 1 is 1.22 bits per heavy atom. The lowest BCUT2D eigenvalue weighted by Gasteiger charge is -2.28. The fourth-order valence-corrected chi connectivity index (χ4v) is 2.97. The second kappa shape index (κ2) is 10.3. The van der Waals surface area contributed by atoms with E-state index < -0.39 is 6.04 Å². The number of hydrogen-bond acceptors (Lipinski definition) is 3. The van der Waals surface area contributed by atoms with Crippen molar-refractivity contribution in [1.29, 1.82) is 0 Å². The van der Waals surface area contributed by atoms with E-state index in [-0.39, 0.29) is 25.0 Å². The second-order valence-corrected chi connectivity index (χ2v) is 7.32. The Bertz CT molecular complexity index is 783. The zero-order valence-electron chi connectivity index (χ0n) is 15.2. The molecule has 2 aromatic carbocycles. The van der Waals surface area contributed by atoms with Crippen LogP contribution in [0.3, 0.4) is 0 Å². The Morgan fingerprint density at radius 2 is 1.93 bits per heavy atom. The molecule has 0 aliphatic rings. The molecule has 7 heteroatoms. The van der Waals surface area contributed by atoms with Crippen molar-refractivity contribution in [3.05, 3.63) is 63.6 Å². The molecule has 2 amide bonds. The molecule has 0 spiro atoms. The number of halogens is 2. The normalized spacial score (nSPS) is 11.6. The summed E-state index contributed by atoms with van der Waals surface area (Å²) in [4.78, 5) is 26.6. The summed E-state index contributed by atoms with van der Waals surface area (Å²) >= 11 is 9.40. The zero-order valence-corrected chi connectivity index (χ0v) is 17.6. The molecule has 144 valence electrons. The Morgan fingerprint density at radius 3 is 2.56 bits per heavy atom. The van der Waals surface area contributed by atoms with Crippen LogP contribution in [0, 0.1) is 0 Å². The minimum Gasteiger partial charge on any atom is -0.484 e. The molecule has 0 heterocycles. The van der Waals surface area contributed by atoms with E-state index >= 15 is 0 Å². The van der Waals surface area contributed by atoms with Crippen molar-refractivity contribution in [2.75, 3.05) is 13.2 Å². The van der Waals surface area contributed by atoms with Crippen LogP contribution >= 0.6 is 27.5 Å². The van der Waals surface area contributed by atoms with Crippen LogP contribution in [-0.4, -0.2) is 35.9 Å². The SMILES string of the molecule is CCNC(=O)C(C)N(Cc1cccc(Cl)c1)C(=O)COc1ccc(Br)cc1. The van der Waals surface area contributed by atoms with Gasteiger partial charge in [0.1, 0.15) is 11.8 Å². The third kappa shape index (κ3) is 6.56. The average Bonchev–Trinajstić information content (AvgIpc) is 2.65. The van der Waals surface area contributed by atoms with Crippen molar-refractivity contribution in [3.63, 3.8) is 0 Å². The molecule has 0 saturated carbocycles. The number of rotatable bonds is 8. The van der Waals surface area contributed by atoms with Crippen LogP contribution in [-0.2, 0) is 16.1 Å². The zero-order chi connectivity index (χ0) is 19.8. The molecule has 2 aromatic rings. The average molecular weight is 454 g/mol. The van der Waals surface area contributed by atoms with Gasteiger partial charge in [-0.05, 0) is 55.8 Å². The maximum atomic E-state index is 12.8. The maximum absolute atomic E-state index is 12.8. The molecule has 2 rings (SSSR count). The number of benzene rings is 2. The molecule has 0 aliphatic heterocycles. The Balaban J connectivity index is 2.12. The number of carbonyl (C=O) groups is 2. The molecule has 0 aromatic heterocycles. The number of ether oxygens (including phenoxy) is 1. The van der Waals surface area contributed by atoms with Gasteiger partial charge in [0, 0.05) is 22.6 Å². The standard InChI is InChI=1S/C20H22BrClN2O3/c1-3-23-20(26)14(2)24(12-15-5-4-6-17(22)11-15)19(25)13-27-18-9-7-16(21)8-10-18/h4-11,14H,3,12-13H2,1-2H3,(H,23,26). The molecule has 0 aliphatic carbocycles. The predicted octanol–water partition coefficient (Wildman–Crippen LogP) is 4.03. The van der Waals surface area contributed by atoms with Crippen molar-refractivity contribution in [1.82, 2.24) is 10.2 Å². The van der Waals surface area contributed by atoms with E-state index in [1.54, 1.807) is 31.2 Å². The van der Waals surface area contributed by atoms with Gasteiger partial charge in [-0.15, -0.1) is 0 Å². The van der Waals surface area contributed by atoms with Crippen LogP contribution in [0.15, 0.2) is 53.0 Å². The molecule has 0 bridgehead atoms. The number of amides is 2. The van der Waals surface area contributed by atoms with Crippen molar-refractivity contribution in [2.24, 2.45) is 0 Å². The molecule has 27 heavy (non-hydrogen) atoms. The summed E-state index contributed by atoms with van der Waals surface area (Å²) in [6, 6.07) is 13.8. The van der Waals surface area contributed by atoms with Crippen molar-refractivity contribution in [2.45, 2.75) is 26.4 Å². The summed E-state index contributed by atoms with van der Waals surface area (Å²) < 4.78 is 6.51. The molecule has 5 nitrogen and oxygen atoms in total. The van der Waals surface area contributed by atoms with Gasteiger partial charge in [-0.25, -0.2) is 0 Å². The lowest BCUT2D eigenvalue weighted by Crippen LogP contribution is -2.49. The van der Waals surface area contributed by atoms with E-state index in [0.717, 1.165) is 10.0 Å². The van der Waals surface area contributed by atoms with E-state index in [0.29, 0.717) is 17.3 Å². The van der Waals surface area contributed by atoms with Gasteiger partial charge in [0.15, 0.2) is 6.61 Å². The van der Waals surface area contributed by atoms with Crippen LogP contribution < -0.4 is 10.1 Å². The quantitative estimate of drug-likeness (QED) is 0.656. The number of likely N-dealkylation sites (N-methyl/N-ethyl adjacent to an activating group) is 1. The first-order valence-corrected chi connectivity index (χ1v) is 9.77. The fraction of sp³-hybridized carbons (Fsp3) is 0.300. The second-order valence-electron chi connectivity index (χ2n) is 5.96. The largest absolute Gasteiger partial charge is 0.484 e. The third-order valence-electron chi connectivity index (χ3n) is 3.94. The van der Waals surface area contributed by atoms with Gasteiger partial charge in [0.25, 0.3) is 5.91 Å². The fourth-order valence-electron chi connectivity index (χ4n) is 2.50. The summed E-state index contributed by atoms with van der Waals surface area (Å²) in [6.07, 6.45) is 0. The molecule has 0 saturated heterocycles. The first-order chi connectivity index (χ1) is 12.9. The molecule has 0 fully saturated rings. The monoisotopic (exact) mass is 452 g/mol. The highest BCUT2D eigenvalue weighted by molar-refractivity contribution is 9.10. The third-order valence-corrected chi connectivity index (χ3v) is 4.70. The van der Waals surface area contributed by atoms with Gasteiger partial charge < -0.3 is 15.0 Å². The van der Waals surface area contributed by atoms with Gasteiger partial charge in [-0.3, -0.25) is 9.59 Å². The lowest BCUT2D eigenvalue weighted by molar-refractivity contribution is -0.142. The Kier molecular flexibility index (Phi) is 8.13.